The van der Waals surface area contributed by atoms with Crippen LogP contribution in [0.1, 0.15) is 12.8 Å². The number of anilines is 3. The Bertz CT molecular complexity index is 580. The Hall–Kier alpha value is -1.59. The summed E-state index contributed by atoms with van der Waals surface area (Å²) in [6, 6.07) is 5.77. The first-order valence-corrected chi connectivity index (χ1v) is 6.65. The summed E-state index contributed by atoms with van der Waals surface area (Å²) in [5.74, 6) is 1.06. The Morgan fingerprint density at radius 1 is 1.16 bits per heavy atom. The Kier molecular flexibility index (Phi) is 3.40. The third-order valence-electron chi connectivity index (χ3n) is 2.69. The van der Waals surface area contributed by atoms with E-state index in [4.69, 9.17) is 23.2 Å². The van der Waals surface area contributed by atoms with E-state index in [1.165, 1.54) is 6.20 Å². The van der Waals surface area contributed by atoms with Crippen molar-refractivity contribution in [1.29, 1.82) is 0 Å². The van der Waals surface area contributed by atoms with E-state index in [1.54, 1.807) is 18.2 Å². The maximum Gasteiger partial charge on any atom is 0.244 e. The molecule has 0 spiro atoms. The maximum atomic E-state index is 6.09. The van der Waals surface area contributed by atoms with E-state index in [9.17, 15) is 0 Å². The van der Waals surface area contributed by atoms with Gasteiger partial charge in [-0.3, -0.25) is 0 Å². The summed E-state index contributed by atoms with van der Waals surface area (Å²) < 4.78 is 0. The van der Waals surface area contributed by atoms with E-state index in [0.29, 0.717) is 33.5 Å². The zero-order valence-corrected chi connectivity index (χ0v) is 11.4. The van der Waals surface area contributed by atoms with Crippen molar-refractivity contribution < 1.29 is 0 Å². The molecule has 3 rings (SSSR count). The quantitative estimate of drug-likeness (QED) is 0.904. The molecule has 1 fully saturated rings. The van der Waals surface area contributed by atoms with Crippen LogP contribution in [0.25, 0.3) is 0 Å². The van der Waals surface area contributed by atoms with Crippen molar-refractivity contribution in [2.75, 3.05) is 10.6 Å². The van der Waals surface area contributed by atoms with Gasteiger partial charge in [-0.15, -0.1) is 5.10 Å². The lowest BCUT2D eigenvalue weighted by Crippen LogP contribution is -2.07. The molecule has 2 aromatic rings. The van der Waals surface area contributed by atoms with Crippen molar-refractivity contribution in [3.63, 3.8) is 0 Å². The standard InChI is InChI=1S/C12H11Cl2N5/c13-8-2-1-3-9(14)11(8)17-10-6-15-19-12(18-10)16-7-4-5-7/h1-3,6-7H,4-5H2,(H2,16,17,18,19). The van der Waals surface area contributed by atoms with Crippen molar-refractivity contribution in [3.05, 3.63) is 34.4 Å². The van der Waals surface area contributed by atoms with Gasteiger partial charge in [0.15, 0.2) is 5.82 Å². The highest BCUT2D eigenvalue weighted by atomic mass is 35.5. The second-order valence-electron chi connectivity index (χ2n) is 4.31. The van der Waals surface area contributed by atoms with Crippen LogP contribution in [0.15, 0.2) is 24.4 Å². The summed E-state index contributed by atoms with van der Waals surface area (Å²) in [4.78, 5) is 4.32. The van der Waals surface area contributed by atoms with Crippen LogP contribution in [0, 0.1) is 0 Å². The fourth-order valence-electron chi connectivity index (χ4n) is 1.58. The Morgan fingerprint density at radius 3 is 2.58 bits per heavy atom. The first-order chi connectivity index (χ1) is 9.22. The molecule has 1 aliphatic rings. The second-order valence-corrected chi connectivity index (χ2v) is 5.12. The minimum Gasteiger partial charge on any atom is -0.350 e. The first kappa shape index (κ1) is 12.4. The minimum absolute atomic E-state index is 0.473. The molecule has 0 amide bonds. The smallest absolute Gasteiger partial charge is 0.244 e. The third kappa shape index (κ3) is 3.05. The fraction of sp³-hybridized carbons (Fsp3) is 0.250. The second kappa shape index (κ2) is 5.19. The molecule has 1 aromatic carbocycles. The molecule has 0 bridgehead atoms. The summed E-state index contributed by atoms with van der Waals surface area (Å²) >= 11 is 12.2. The number of hydrogen-bond donors (Lipinski definition) is 2. The van der Waals surface area contributed by atoms with Crippen LogP contribution in [0.5, 0.6) is 0 Å². The average Bonchev–Trinajstić information content (AvgIpc) is 3.18. The Labute approximate surface area is 120 Å². The van der Waals surface area contributed by atoms with Gasteiger partial charge in [-0.05, 0) is 25.0 Å². The number of nitrogens with one attached hydrogen (secondary N) is 2. The van der Waals surface area contributed by atoms with Gasteiger partial charge in [0.05, 0.1) is 21.9 Å². The van der Waals surface area contributed by atoms with E-state index < -0.39 is 0 Å². The highest BCUT2D eigenvalue weighted by Gasteiger charge is 2.22. The molecule has 1 heterocycles. The van der Waals surface area contributed by atoms with Crippen molar-refractivity contribution in [2.45, 2.75) is 18.9 Å². The summed E-state index contributed by atoms with van der Waals surface area (Å²) in [7, 11) is 0. The fourth-order valence-corrected chi connectivity index (χ4v) is 2.07. The zero-order chi connectivity index (χ0) is 13.2. The number of aromatic nitrogens is 3. The molecule has 7 heteroatoms. The molecule has 1 aromatic heterocycles. The molecule has 0 unspecified atom stereocenters. The van der Waals surface area contributed by atoms with E-state index in [2.05, 4.69) is 25.8 Å². The lowest BCUT2D eigenvalue weighted by atomic mass is 10.3. The number of hydrogen-bond acceptors (Lipinski definition) is 5. The van der Waals surface area contributed by atoms with Crippen LogP contribution in [0.3, 0.4) is 0 Å². The minimum atomic E-state index is 0.473. The Morgan fingerprint density at radius 2 is 1.89 bits per heavy atom. The van der Waals surface area contributed by atoms with Crippen molar-refractivity contribution >= 4 is 40.7 Å². The lowest BCUT2D eigenvalue weighted by Gasteiger charge is -2.10. The van der Waals surface area contributed by atoms with Gasteiger partial charge >= 0.3 is 0 Å². The van der Waals surface area contributed by atoms with Crippen LogP contribution >= 0.6 is 23.2 Å². The number of nitrogens with zero attached hydrogens (tertiary/aromatic N) is 3. The predicted molar refractivity (Wildman–Crippen MR) is 76.2 cm³/mol. The molecule has 98 valence electrons. The Balaban J connectivity index is 1.82. The predicted octanol–water partition coefficient (Wildman–Crippen LogP) is 3.50. The van der Waals surface area contributed by atoms with Crippen molar-refractivity contribution in [1.82, 2.24) is 15.2 Å². The van der Waals surface area contributed by atoms with Crippen molar-refractivity contribution in [2.24, 2.45) is 0 Å². The van der Waals surface area contributed by atoms with E-state index >= 15 is 0 Å². The summed E-state index contributed by atoms with van der Waals surface area (Å²) in [6.07, 6.45) is 3.83. The van der Waals surface area contributed by atoms with E-state index in [-0.39, 0.29) is 0 Å². The summed E-state index contributed by atoms with van der Waals surface area (Å²) in [5, 5.41) is 15.1. The number of benzene rings is 1. The lowest BCUT2D eigenvalue weighted by molar-refractivity contribution is 0.947. The SMILES string of the molecule is Clc1cccc(Cl)c1Nc1cnnc(NC2CC2)n1. The molecule has 1 aliphatic carbocycles. The topological polar surface area (TPSA) is 62.7 Å². The molecule has 0 aliphatic heterocycles. The molecule has 0 radical (unpaired) electrons. The molecule has 0 saturated heterocycles. The average molecular weight is 296 g/mol. The van der Waals surface area contributed by atoms with Crippen LogP contribution in [0.2, 0.25) is 10.0 Å². The number of rotatable bonds is 4. The normalized spacial score (nSPS) is 14.2. The zero-order valence-electron chi connectivity index (χ0n) is 9.90. The van der Waals surface area contributed by atoms with Gasteiger partial charge in [-0.25, -0.2) is 0 Å². The molecule has 2 N–H and O–H groups in total. The molecule has 0 atom stereocenters. The first-order valence-electron chi connectivity index (χ1n) is 5.89. The summed E-state index contributed by atoms with van der Waals surface area (Å²) in [6.45, 7) is 0. The van der Waals surface area contributed by atoms with Gasteiger partial charge in [0.1, 0.15) is 0 Å². The third-order valence-corrected chi connectivity index (χ3v) is 3.32. The van der Waals surface area contributed by atoms with Gasteiger partial charge in [0, 0.05) is 6.04 Å². The largest absolute Gasteiger partial charge is 0.350 e. The highest BCUT2D eigenvalue weighted by Crippen LogP contribution is 2.32. The molecular formula is C12H11Cl2N5. The van der Waals surface area contributed by atoms with Crippen LogP contribution in [0.4, 0.5) is 17.5 Å². The van der Waals surface area contributed by atoms with Gasteiger partial charge < -0.3 is 10.6 Å². The maximum absolute atomic E-state index is 6.09. The monoisotopic (exact) mass is 295 g/mol. The van der Waals surface area contributed by atoms with Crippen LogP contribution in [-0.4, -0.2) is 21.2 Å². The van der Waals surface area contributed by atoms with Gasteiger partial charge in [-0.2, -0.15) is 10.1 Å². The van der Waals surface area contributed by atoms with E-state index in [0.717, 1.165) is 12.8 Å². The van der Waals surface area contributed by atoms with Crippen molar-refractivity contribution in [3.8, 4) is 0 Å². The van der Waals surface area contributed by atoms with Crippen LogP contribution in [-0.2, 0) is 0 Å². The molecule has 19 heavy (non-hydrogen) atoms. The van der Waals surface area contributed by atoms with Gasteiger partial charge in [-0.1, -0.05) is 29.3 Å². The number of halogens is 2. The number of para-hydroxylation sites is 1. The highest BCUT2D eigenvalue weighted by molar-refractivity contribution is 6.39. The van der Waals surface area contributed by atoms with Gasteiger partial charge in [0.2, 0.25) is 5.95 Å². The molecular weight excluding hydrogens is 285 g/mol. The summed E-state index contributed by atoms with van der Waals surface area (Å²) in [5.41, 5.74) is 0.615. The molecule has 1 saturated carbocycles. The molecule has 5 nitrogen and oxygen atoms in total. The van der Waals surface area contributed by atoms with E-state index in [1.807, 2.05) is 0 Å². The van der Waals surface area contributed by atoms with Crippen LogP contribution < -0.4 is 10.6 Å². The van der Waals surface area contributed by atoms with Gasteiger partial charge in [0.25, 0.3) is 0 Å².